The van der Waals surface area contributed by atoms with Gasteiger partial charge in [-0.3, -0.25) is 4.79 Å². The Morgan fingerprint density at radius 3 is 2.62 bits per heavy atom. The second kappa shape index (κ2) is 14.5. The van der Waals surface area contributed by atoms with Crippen molar-refractivity contribution in [2.45, 2.75) is 55.4 Å². The number of hydrogen-bond acceptors (Lipinski definition) is 11. The summed E-state index contributed by atoms with van der Waals surface area (Å²) in [6.45, 7) is 8.97. The number of rotatable bonds is 11. The Morgan fingerprint density at radius 1 is 1.12 bits per heavy atom. The van der Waals surface area contributed by atoms with Crippen molar-refractivity contribution in [1.29, 1.82) is 0 Å². The minimum absolute atomic E-state index is 0.00854. The van der Waals surface area contributed by atoms with Gasteiger partial charge in [0, 0.05) is 41.6 Å². The zero-order chi connectivity index (χ0) is 33.8. The maximum Gasteiger partial charge on any atom is 0.336 e. The summed E-state index contributed by atoms with van der Waals surface area (Å²) in [5.41, 5.74) is 0.673. The Morgan fingerprint density at radius 2 is 1.90 bits per heavy atom. The van der Waals surface area contributed by atoms with Crippen LogP contribution in [0.1, 0.15) is 51.7 Å². The van der Waals surface area contributed by atoms with Gasteiger partial charge in [-0.15, -0.1) is 11.8 Å². The number of oxazole rings is 1. The highest BCUT2D eigenvalue weighted by Crippen LogP contribution is 2.38. The van der Waals surface area contributed by atoms with Crippen LogP contribution in [0.2, 0.25) is 0 Å². The maximum absolute atomic E-state index is 13.6. The van der Waals surface area contributed by atoms with E-state index in [1.807, 2.05) is 0 Å². The first kappa shape index (κ1) is 33.7. The number of piperidine rings is 1. The van der Waals surface area contributed by atoms with Crippen LogP contribution in [-0.4, -0.2) is 52.1 Å². The summed E-state index contributed by atoms with van der Waals surface area (Å²) in [6.07, 6.45) is 5.75. The number of ether oxygens (including phenoxy) is 1. The number of aromatic nitrogens is 2. The van der Waals surface area contributed by atoms with Gasteiger partial charge in [0.1, 0.15) is 28.7 Å². The van der Waals surface area contributed by atoms with Gasteiger partial charge in [0.25, 0.3) is 0 Å². The van der Waals surface area contributed by atoms with Gasteiger partial charge in [0.15, 0.2) is 5.13 Å². The van der Waals surface area contributed by atoms with Crippen LogP contribution in [0.15, 0.2) is 72.7 Å². The van der Waals surface area contributed by atoms with Crippen molar-refractivity contribution < 1.29 is 27.9 Å². The fourth-order valence-corrected chi connectivity index (χ4v) is 7.29. The van der Waals surface area contributed by atoms with Crippen LogP contribution in [0.5, 0.6) is 11.5 Å². The molecule has 3 aromatic heterocycles. The second-order valence-electron chi connectivity index (χ2n) is 12.8. The molecule has 5 aromatic rings. The molecule has 0 unspecified atom stereocenters. The first-order valence-electron chi connectivity index (χ1n) is 15.8. The lowest BCUT2D eigenvalue weighted by molar-refractivity contribution is -0.121. The number of nitrogens with zero attached hydrogens (tertiary/aromatic N) is 3. The molecule has 10 nitrogen and oxygen atoms in total. The van der Waals surface area contributed by atoms with Gasteiger partial charge in [0.2, 0.25) is 11.8 Å². The molecule has 2 aromatic carbocycles. The number of aromatic hydroxyl groups is 1. The number of hydrogen-bond donors (Lipinski definition) is 2. The van der Waals surface area contributed by atoms with Crippen LogP contribution in [0, 0.1) is 11.7 Å². The van der Waals surface area contributed by atoms with Gasteiger partial charge in [0.05, 0.1) is 34.3 Å². The van der Waals surface area contributed by atoms with E-state index in [9.17, 15) is 19.1 Å². The fraction of sp³-hybridized carbons (Fsp3) is 0.371. The molecule has 0 bridgehead atoms. The number of fused-ring (bicyclic) bond motifs is 1. The lowest BCUT2D eigenvalue weighted by atomic mass is 9.94. The monoisotopic (exact) mass is 692 g/mol. The molecule has 0 spiro atoms. The van der Waals surface area contributed by atoms with E-state index in [1.165, 1.54) is 41.7 Å². The summed E-state index contributed by atoms with van der Waals surface area (Å²) in [7, 11) is 0. The van der Waals surface area contributed by atoms with Crippen molar-refractivity contribution in [3.05, 3.63) is 82.7 Å². The van der Waals surface area contributed by atoms with Crippen molar-refractivity contribution in [3.8, 4) is 22.6 Å². The van der Waals surface area contributed by atoms with Crippen molar-refractivity contribution in [2.75, 3.05) is 31.6 Å². The Hall–Kier alpha value is -4.20. The van der Waals surface area contributed by atoms with Crippen molar-refractivity contribution >= 4 is 45.1 Å². The predicted molar refractivity (Wildman–Crippen MR) is 184 cm³/mol. The third-order valence-electron chi connectivity index (χ3n) is 8.13. The summed E-state index contributed by atoms with van der Waals surface area (Å²) in [6, 6.07) is 10.0. The number of nitrogens with one attached hydrogen (secondary N) is 1. The average Bonchev–Trinajstić information content (AvgIpc) is 3.72. The molecule has 6 rings (SSSR count). The molecule has 1 aliphatic rings. The van der Waals surface area contributed by atoms with E-state index in [-0.39, 0.29) is 34.4 Å². The Labute approximate surface area is 285 Å². The van der Waals surface area contributed by atoms with E-state index in [0.29, 0.717) is 52.1 Å². The van der Waals surface area contributed by atoms with Crippen molar-refractivity contribution in [3.63, 3.8) is 0 Å². The SMILES string of the molecule is CC(C)(C)c1cnc(CSc2cnc(NC(=O)C3CCN(CCCOc4cc(O)cc5oc(=O)cc(-c6ccc(F)cc6)c45)CC3)s2)o1. The van der Waals surface area contributed by atoms with E-state index in [0.717, 1.165) is 42.4 Å². The van der Waals surface area contributed by atoms with E-state index in [1.54, 1.807) is 36.3 Å². The smallest absolute Gasteiger partial charge is 0.336 e. The number of carbonyl (C=O) groups excluding carboxylic acids is 1. The number of phenols is 1. The third kappa shape index (κ3) is 8.26. The molecule has 1 fully saturated rings. The molecule has 2 N–H and O–H groups in total. The number of phenolic OH excluding ortho intramolecular Hbond substituents is 1. The van der Waals surface area contributed by atoms with Crippen LogP contribution < -0.4 is 15.7 Å². The molecule has 48 heavy (non-hydrogen) atoms. The number of likely N-dealkylation sites (tertiary alicyclic amines) is 1. The van der Waals surface area contributed by atoms with Crippen LogP contribution in [0.4, 0.5) is 9.52 Å². The quantitative estimate of drug-likeness (QED) is 0.0817. The zero-order valence-corrected chi connectivity index (χ0v) is 28.6. The van der Waals surface area contributed by atoms with Crippen LogP contribution in [-0.2, 0) is 16.0 Å². The number of thioether (sulfide) groups is 1. The normalized spacial score (nSPS) is 14.4. The Bertz CT molecular complexity index is 1940. The van der Waals surface area contributed by atoms with Gasteiger partial charge in [-0.2, -0.15) is 0 Å². The van der Waals surface area contributed by atoms with Crippen LogP contribution >= 0.6 is 23.1 Å². The number of amides is 1. The van der Waals surface area contributed by atoms with E-state index < -0.39 is 5.63 Å². The first-order chi connectivity index (χ1) is 23.0. The minimum atomic E-state index is -0.584. The highest BCUT2D eigenvalue weighted by molar-refractivity contribution is 8.00. The number of anilines is 1. The van der Waals surface area contributed by atoms with E-state index in [2.05, 4.69) is 41.0 Å². The Kier molecular flexibility index (Phi) is 10.2. The summed E-state index contributed by atoms with van der Waals surface area (Å²) in [5.74, 6) is 1.92. The molecule has 252 valence electrons. The summed E-state index contributed by atoms with van der Waals surface area (Å²) in [4.78, 5) is 36.3. The molecular formula is C35H37FN4O6S2. The van der Waals surface area contributed by atoms with E-state index in [4.69, 9.17) is 13.6 Å². The fourth-order valence-electron chi connectivity index (χ4n) is 5.56. The second-order valence-corrected chi connectivity index (χ2v) is 15.1. The van der Waals surface area contributed by atoms with Gasteiger partial charge in [-0.1, -0.05) is 44.2 Å². The minimum Gasteiger partial charge on any atom is -0.508 e. The number of thiazole rings is 1. The largest absolute Gasteiger partial charge is 0.508 e. The molecule has 0 atom stereocenters. The van der Waals surface area contributed by atoms with Gasteiger partial charge in [-0.25, -0.2) is 19.2 Å². The molecule has 0 aliphatic carbocycles. The number of benzene rings is 2. The predicted octanol–water partition coefficient (Wildman–Crippen LogP) is 7.46. The molecule has 13 heteroatoms. The summed E-state index contributed by atoms with van der Waals surface area (Å²) >= 11 is 3.03. The van der Waals surface area contributed by atoms with Crippen molar-refractivity contribution in [1.82, 2.24) is 14.9 Å². The van der Waals surface area contributed by atoms with Gasteiger partial charge < -0.3 is 28.9 Å². The topological polar surface area (TPSA) is 131 Å². The molecule has 1 saturated heterocycles. The molecule has 0 saturated carbocycles. The summed E-state index contributed by atoms with van der Waals surface area (Å²) in [5, 5.41) is 14.4. The highest BCUT2D eigenvalue weighted by atomic mass is 32.2. The first-order valence-corrected chi connectivity index (χ1v) is 17.6. The molecule has 1 aliphatic heterocycles. The van der Waals surface area contributed by atoms with Gasteiger partial charge >= 0.3 is 5.63 Å². The highest BCUT2D eigenvalue weighted by Gasteiger charge is 2.26. The summed E-state index contributed by atoms with van der Waals surface area (Å²) < 4.78 is 31.9. The number of carbonyl (C=O) groups is 1. The van der Waals surface area contributed by atoms with Crippen LogP contribution in [0.25, 0.3) is 22.1 Å². The molecule has 0 radical (unpaired) electrons. The lowest BCUT2D eigenvalue weighted by Crippen LogP contribution is -2.38. The number of halogens is 1. The third-order valence-corrected chi connectivity index (χ3v) is 10.2. The van der Waals surface area contributed by atoms with E-state index >= 15 is 0 Å². The zero-order valence-electron chi connectivity index (χ0n) is 27.0. The maximum atomic E-state index is 13.6. The Balaban J connectivity index is 0.966. The lowest BCUT2D eigenvalue weighted by Gasteiger charge is -2.31. The molecule has 1 amide bonds. The van der Waals surface area contributed by atoms with Crippen LogP contribution in [0.3, 0.4) is 0 Å². The molecule has 4 heterocycles. The standard InChI is InChI=1S/C35H37FN4O6S2/c1-35(2,3)28-18-37-29(46-28)20-47-31-19-38-34(48-31)39-33(43)22-9-12-40(13-10-22)11-4-14-44-26-15-24(41)16-27-32(26)25(17-30(42)45-27)21-5-7-23(36)8-6-21/h5-8,15-19,22,41H,4,9-14,20H2,1-3H3,(H,38,39,43). The molecular weight excluding hydrogens is 656 g/mol. The van der Waals surface area contributed by atoms with Gasteiger partial charge in [-0.05, 0) is 50.0 Å². The van der Waals surface area contributed by atoms with Crippen molar-refractivity contribution in [2.24, 2.45) is 5.92 Å². The average molecular weight is 693 g/mol.